The Hall–Kier alpha value is -1.26. The number of esters is 1. The highest BCUT2D eigenvalue weighted by molar-refractivity contribution is 5.81. The van der Waals surface area contributed by atoms with Gasteiger partial charge in [-0.15, -0.1) is 0 Å². The van der Waals surface area contributed by atoms with Gasteiger partial charge in [-0.1, -0.05) is 6.92 Å². The Morgan fingerprint density at radius 2 is 2.12 bits per heavy atom. The van der Waals surface area contributed by atoms with Crippen LogP contribution >= 0.6 is 0 Å². The fourth-order valence-electron chi connectivity index (χ4n) is 2.15. The van der Waals surface area contributed by atoms with E-state index in [-0.39, 0.29) is 18.5 Å². The van der Waals surface area contributed by atoms with Crippen LogP contribution in [-0.4, -0.2) is 42.6 Å². The number of nitrogens with one attached hydrogen (secondary N) is 1. The number of hydrogen-bond acceptors (Lipinski definition) is 3. The zero-order chi connectivity index (χ0) is 12.7. The van der Waals surface area contributed by atoms with Crippen LogP contribution in [0.3, 0.4) is 0 Å². The lowest BCUT2D eigenvalue weighted by Crippen LogP contribution is -2.49. The molecule has 5 nitrogen and oxygen atoms in total. The van der Waals surface area contributed by atoms with Gasteiger partial charge in [0.25, 0.3) is 0 Å². The van der Waals surface area contributed by atoms with E-state index in [0.717, 1.165) is 25.8 Å². The van der Waals surface area contributed by atoms with Gasteiger partial charge in [-0.2, -0.15) is 0 Å². The second-order valence-corrected chi connectivity index (χ2v) is 4.21. The summed E-state index contributed by atoms with van der Waals surface area (Å²) in [5.41, 5.74) is 0. The van der Waals surface area contributed by atoms with Crippen molar-refractivity contribution < 1.29 is 14.3 Å². The molecule has 1 unspecified atom stereocenters. The predicted molar refractivity (Wildman–Crippen MR) is 64.7 cm³/mol. The van der Waals surface area contributed by atoms with E-state index in [4.69, 9.17) is 4.74 Å². The molecule has 1 saturated heterocycles. The lowest BCUT2D eigenvalue weighted by atomic mass is 10.0. The number of carbonyl (C=O) groups is 2. The second kappa shape index (κ2) is 7.14. The van der Waals surface area contributed by atoms with Crippen LogP contribution in [0.25, 0.3) is 0 Å². The van der Waals surface area contributed by atoms with Crippen LogP contribution in [0.1, 0.15) is 39.5 Å². The van der Waals surface area contributed by atoms with Gasteiger partial charge in [0, 0.05) is 12.6 Å². The van der Waals surface area contributed by atoms with Gasteiger partial charge in [0.1, 0.15) is 6.54 Å². The van der Waals surface area contributed by atoms with Crippen LogP contribution < -0.4 is 5.32 Å². The molecule has 0 aromatic carbocycles. The van der Waals surface area contributed by atoms with Crippen LogP contribution in [0, 0.1) is 0 Å². The van der Waals surface area contributed by atoms with Crippen molar-refractivity contribution in [3.8, 4) is 0 Å². The van der Waals surface area contributed by atoms with E-state index in [2.05, 4.69) is 12.2 Å². The molecular weight excluding hydrogens is 220 g/mol. The number of carbonyl (C=O) groups excluding carboxylic acids is 2. The third kappa shape index (κ3) is 4.24. The molecule has 0 bridgehead atoms. The van der Waals surface area contributed by atoms with Crippen molar-refractivity contribution in [2.75, 3.05) is 19.7 Å². The zero-order valence-corrected chi connectivity index (χ0v) is 10.7. The van der Waals surface area contributed by atoms with E-state index in [9.17, 15) is 9.59 Å². The summed E-state index contributed by atoms with van der Waals surface area (Å²) >= 11 is 0. The highest BCUT2D eigenvalue weighted by atomic mass is 16.5. The first-order valence-electron chi connectivity index (χ1n) is 6.39. The number of hydrogen-bond donors (Lipinski definition) is 1. The number of urea groups is 1. The average Bonchev–Trinajstić information content (AvgIpc) is 2.36. The summed E-state index contributed by atoms with van der Waals surface area (Å²) in [4.78, 5) is 24.8. The summed E-state index contributed by atoms with van der Waals surface area (Å²) in [6.45, 7) is 4.92. The van der Waals surface area contributed by atoms with Crippen LogP contribution in [0.4, 0.5) is 4.79 Å². The molecule has 98 valence electrons. The Morgan fingerprint density at radius 3 is 2.76 bits per heavy atom. The minimum atomic E-state index is -0.383. The molecule has 0 saturated carbocycles. The molecule has 0 aromatic heterocycles. The third-order valence-corrected chi connectivity index (χ3v) is 3.05. The molecule has 2 amide bonds. The number of rotatable bonds is 4. The number of amides is 2. The summed E-state index contributed by atoms with van der Waals surface area (Å²) in [6, 6.07) is 0.163. The standard InChI is InChI=1S/C12H22N2O3/c1-3-10-7-5-6-8-14(10)12(16)13-9-11(15)17-4-2/h10H,3-9H2,1-2H3,(H,13,16). The quantitative estimate of drug-likeness (QED) is 0.760. The van der Waals surface area contributed by atoms with Gasteiger partial charge in [-0.05, 0) is 32.6 Å². The van der Waals surface area contributed by atoms with Gasteiger partial charge in [-0.3, -0.25) is 4.79 Å². The van der Waals surface area contributed by atoms with Crippen LogP contribution in [0.15, 0.2) is 0 Å². The molecule has 0 aliphatic carbocycles. The molecule has 1 aliphatic heterocycles. The van der Waals surface area contributed by atoms with Crippen molar-refractivity contribution in [2.24, 2.45) is 0 Å². The zero-order valence-electron chi connectivity index (χ0n) is 10.7. The van der Waals surface area contributed by atoms with Crippen molar-refractivity contribution in [3.05, 3.63) is 0 Å². The van der Waals surface area contributed by atoms with E-state index in [1.54, 1.807) is 6.92 Å². The minimum Gasteiger partial charge on any atom is -0.465 e. The molecular formula is C12H22N2O3. The van der Waals surface area contributed by atoms with Crippen molar-refractivity contribution >= 4 is 12.0 Å². The second-order valence-electron chi connectivity index (χ2n) is 4.21. The summed E-state index contributed by atoms with van der Waals surface area (Å²) < 4.78 is 4.76. The molecule has 0 aromatic rings. The van der Waals surface area contributed by atoms with Crippen molar-refractivity contribution in [2.45, 2.75) is 45.6 Å². The first-order chi connectivity index (χ1) is 8.19. The summed E-state index contributed by atoms with van der Waals surface area (Å²) in [7, 11) is 0. The maximum Gasteiger partial charge on any atom is 0.325 e. The molecule has 0 radical (unpaired) electrons. The largest absolute Gasteiger partial charge is 0.465 e. The fourth-order valence-corrected chi connectivity index (χ4v) is 2.15. The monoisotopic (exact) mass is 242 g/mol. The van der Waals surface area contributed by atoms with E-state index in [1.807, 2.05) is 4.90 Å². The molecule has 1 N–H and O–H groups in total. The van der Waals surface area contributed by atoms with Gasteiger partial charge in [0.2, 0.25) is 0 Å². The van der Waals surface area contributed by atoms with Gasteiger partial charge < -0.3 is 15.0 Å². The van der Waals surface area contributed by atoms with E-state index in [1.165, 1.54) is 6.42 Å². The van der Waals surface area contributed by atoms with Crippen LogP contribution in [-0.2, 0) is 9.53 Å². The Labute approximate surface area is 102 Å². The van der Waals surface area contributed by atoms with Gasteiger partial charge in [-0.25, -0.2) is 4.79 Å². The van der Waals surface area contributed by atoms with E-state index in [0.29, 0.717) is 12.6 Å². The summed E-state index contributed by atoms with van der Waals surface area (Å²) in [6.07, 6.45) is 4.25. The number of ether oxygens (including phenoxy) is 1. The number of nitrogens with zero attached hydrogens (tertiary/aromatic N) is 1. The minimum absolute atomic E-state index is 0.0421. The highest BCUT2D eigenvalue weighted by Crippen LogP contribution is 2.19. The number of likely N-dealkylation sites (tertiary alicyclic amines) is 1. The molecule has 5 heteroatoms. The average molecular weight is 242 g/mol. The van der Waals surface area contributed by atoms with Gasteiger partial charge >= 0.3 is 12.0 Å². The lowest BCUT2D eigenvalue weighted by Gasteiger charge is -2.35. The lowest BCUT2D eigenvalue weighted by molar-refractivity contribution is -0.141. The Morgan fingerprint density at radius 1 is 1.35 bits per heavy atom. The van der Waals surface area contributed by atoms with Gasteiger partial charge in [0.05, 0.1) is 6.61 Å². The fraction of sp³-hybridized carbons (Fsp3) is 0.833. The first kappa shape index (κ1) is 13.8. The van der Waals surface area contributed by atoms with Crippen molar-refractivity contribution in [1.29, 1.82) is 0 Å². The molecule has 1 rings (SSSR count). The summed E-state index contributed by atoms with van der Waals surface area (Å²) in [5.74, 6) is -0.383. The molecule has 17 heavy (non-hydrogen) atoms. The molecule has 0 spiro atoms. The third-order valence-electron chi connectivity index (χ3n) is 3.05. The molecule has 1 aliphatic rings. The maximum absolute atomic E-state index is 11.9. The highest BCUT2D eigenvalue weighted by Gasteiger charge is 2.25. The molecule has 1 fully saturated rings. The van der Waals surface area contributed by atoms with E-state index < -0.39 is 0 Å². The molecule has 1 heterocycles. The Bertz CT molecular complexity index is 268. The normalized spacial score (nSPS) is 19.9. The van der Waals surface area contributed by atoms with Crippen LogP contribution in [0.2, 0.25) is 0 Å². The Kier molecular flexibility index (Phi) is 5.80. The van der Waals surface area contributed by atoms with Crippen molar-refractivity contribution in [1.82, 2.24) is 10.2 Å². The maximum atomic E-state index is 11.9. The van der Waals surface area contributed by atoms with Gasteiger partial charge in [0.15, 0.2) is 0 Å². The Balaban J connectivity index is 2.37. The molecule has 1 atom stereocenters. The van der Waals surface area contributed by atoms with Crippen LogP contribution in [0.5, 0.6) is 0 Å². The number of piperidine rings is 1. The predicted octanol–water partition coefficient (Wildman–Crippen LogP) is 1.52. The van der Waals surface area contributed by atoms with E-state index >= 15 is 0 Å². The topological polar surface area (TPSA) is 58.6 Å². The van der Waals surface area contributed by atoms with Crippen molar-refractivity contribution in [3.63, 3.8) is 0 Å². The first-order valence-corrected chi connectivity index (χ1v) is 6.39. The SMILES string of the molecule is CCOC(=O)CNC(=O)N1CCCCC1CC. The smallest absolute Gasteiger partial charge is 0.325 e. The summed E-state index contributed by atoms with van der Waals surface area (Å²) in [5, 5.41) is 2.61.